The van der Waals surface area contributed by atoms with E-state index in [1.165, 1.54) is 6.20 Å². The van der Waals surface area contributed by atoms with Crippen LogP contribution in [0.4, 0.5) is 0 Å². The molecule has 1 fully saturated rings. The lowest BCUT2D eigenvalue weighted by molar-refractivity contribution is 0.0898. The molecule has 0 radical (unpaired) electrons. The molecule has 1 aromatic carbocycles. The van der Waals surface area contributed by atoms with Crippen molar-refractivity contribution in [3.8, 4) is 11.6 Å². The van der Waals surface area contributed by atoms with E-state index in [1.807, 2.05) is 30.3 Å². The number of amides is 1. The number of likely N-dealkylation sites (tertiary alicyclic amines) is 1. The molecule has 0 saturated carbocycles. The second-order valence-corrected chi connectivity index (χ2v) is 9.32. The fraction of sp³-hybridized carbons (Fsp3) is 0.308. The van der Waals surface area contributed by atoms with Crippen LogP contribution >= 0.6 is 11.6 Å². The summed E-state index contributed by atoms with van der Waals surface area (Å²) in [7, 11) is 1.56. The fourth-order valence-electron chi connectivity index (χ4n) is 4.64. The van der Waals surface area contributed by atoms with Gasteiger partial charge in [0.1, 0.15) is 0 Å². The van der Waals surface area contributed by atoms with Gasteiger partial charge in [-0.15, -0.1) is 0 Å². The molecular formula is C26H27ClN6O3. The maximum Gasteiger partial charge on any atom is 0.334 e. The number of hydrogen-bond donors (Lipinski definition) is 1. The summed E-state index contributed by atoms with van der Waals surface area (Å²) in [6.07, 6.45) is 4.75. The zero-order valence-corrected chi connectivity index (χ0v) is 20.9. The van der Waals surface area contributed by atoms with Crippen molar-refractivity contribution in [1.82, 2.24) is 29.3 Å². The summed E-state index contributed by atoms with van der Waals surface area (Å²) in [4.78, 5) is 36.9. The van der Waals surface area contributed by atoms with Gasteiger partial charge < -0.3 is 10.1 Å². The van der Waals surface area contributed by atoms with Gasteiger partial charge in [0.25, 0.3) is 5.91 Å². The molecule has 0 spiro atoms. The first-order chi connectivity index (χ1) is 17.4. The minimum atomic E-state index is -0.159. The van der Waals surface area contributed by atoms with E-state index in [-0.39, 0.29) is 17.6 Å². The summed E-state index contributed by atoms with van der Waals surface area (Å²) in [6, 6.07) is 13.0. The van der Waals surface area contributed by atoms with Crippen molar-refractivity contribution in [1.29, 1.82) is 0 Å². The summed E-state index contributed by atoms with van der Waals surface area (Å²) < 4.78 is 8.62. The molecule has 1 saturated heterocycles. The van der Waals surface area contributed by atoms with E-state index in [4.69, 9.17) is 16.3 Å². The fourth-order valence-corrected chi connectivity index (χ4v) is 4.80. The molecule has 3 aromatic heterocycles. The maximum atomic E-state index is 13.5. The summed E-state index contributed by atoms with van der Waals surface area (Å²) >= 11 is 6.02. The van der Waals surface area contributed by atoms with Crippen molar-refractivity contribution >= 4 is 28.5 Å². The Labute approximate surface area is 213 Å². The van der Waals surface area contributed by atoms with Gasteiger partial charge in [0.2, 0.25) is 5.88 Å². The van der Waals surface area contributed by atoms with Crippen LogP contribution in [0.25, 0.3) is 16.7 Å². The van der Waals surface area contributed by atoms with Crippen LogP contribution in [0.1, 0.15) is 28.9 Å². The second-order valence-electron chi connectivity index (χ2n) is 8.89. The number of piperidine rings is 1. The number of nitrogens with one attached hydrogen (secondary N) is 1. The van der Waals surface area contributed by atoms with Crippen molar-refractivity contribution in [2.45, 2.75) is 32.5 Å². The van der Waals surface area contributed by atoms with Gasteiger partial charge in [-0.2, -0.15) is 0 Å². The van der Waals surface area contributed by atoms with Crippen LogP contribution in [-0.4, -0.2) is 56.2 Å². The largest absolute Gasteiger partial charge is 0.481 e. The first kappa shape index (κ1) is 24.0. The van der Waals surface area contributed by atoms with Crippen LogP contribution in [0.3, 0.4) is 0 Å². The Bertz CT molecular complexity index is 1460. The molecule has 9 nitrogen and oxygen atoms in total. The number of fused-ring (bicyclic) bond motifs is 1. The van der Waals surface area contributed by atoms with E-state index in [0.717, 1.165) is 37.0 Å². The molecule has 1 amide bonds. The van der Waals surface area contributed by atoms with E-state index in [1.54, 1.807) is 41.5 Å². The number of pyridine rings is 2. The number of methoxy groups -OCH3 is 1. The number of rotatable bonds is 6. The predicted molar refractivity (Wildman–Crippen MR) is 138 cm³/mol. The summed E-state index contributed by atoms with van der Waals surface area (Å²) in [5.74, 6) is 0.334. The van der Waals surface area contributed by atoms with Gasteiger partial charge in [-0.05, 0) is 44.0 Å². The Morgan fingerprint density at radius 1 is 1.11 bits per heavy atom. The van der Waals surface area contributed by atoms with E-state index in [0.29, 0.717) is 34.5 Å². The number of imidazole rings is 1. The van der Waals surface area contributed by atoms with E-state index >= 15 is 0 Å². The molecule has 4 heterocycles. The van der Waals surface area contributed by atoms with Crippen LogP contribution in [0, 0.1) is 6.92 Å². The average Bonchev–Trinajstić information content (AvgIpc) is 3.17. The Kier molecular flexibility index (Phi) is 6.75. The van der Waals surface area contributed by atoms with Crippen molar-refractivity contribution in [2.75, 3.05) is 20.2 Å². The molecular weight excluding hydrogens is 480 g/mol. The highest BCUT2D eigenvalue weighted by atomic mass is 35.5. The average molecular weight is 507 g/mol. The molecule has 1 aliphatic heterocycles. The van der Waals surface area contributed by atoms with E-state index in [2.05, 4.69) is 20.2 Å². The molecule has 4 aromatic rings. The summed E-state index contributed by atoms with van der Waals surface area (Å²) in [5.41, 5.74) is 3.39. The van der Waals surface area contributed by atoms with Gasteiger partial charge in [-0.1, -0.05) is 23.7 Å². The Morgan fingerprint density at radius 2 is 1.86 bits per heavy atom. The zero-order chi connectivity index (χ0) is 25.2. The van der Waals surface area contributed by atoms with Crippen LogP contribution < -0.4 is 15.7 Å². The molecule has 1 N–H and O–H groups in total. The van der Waals surface area contributed by atoms with Crippen molar-refractivity contribution < 1.29 is 9.53 Å². The third-order valence-electron chi connectivity index (χ3n) is 6.59. The highest BCUT2D eigenvalue weighted by Gasteiger charge is 2.24. The second kappa shape index (κ2) is 10.1. The third-order valence-corrected chi connectivity index (χ3v) is 6.79. The number of aromatic nitrogens is 4. The molecule has 0 atom stereocenters. The van der Waals surface area contributed by atoms with Gasteiger partial charge in [0, 0.05) is 31.4 Å². The molecule has 186 valence electrons. The first-order valence-electron chi connectivity index (χ1n) is 11.8. The summed E-state index contributed by atoms with van der Waals surface area (Å²) in [5, 5.41) is 3.55. The molecule has 0 aliphatic carbocycles. The minimum Gasteiger partial charge on any atom is -0.481 e. The molecule has 1 aliphatic rings. The van der Waals surface area contributed by atoms with E-state index in [9.17, 15) is 9.59 Å². The van der Waals surface area contributed by atoms with Gasteiger partial charge in [-0.25, -0.2) is 9.78 Å². The van der Waals surface area contributed by atoms with Gasteiger partial charge in [0.15, 0.2) is 0 Å². The van der Waals surface area contributed by atoms with Crippen LogP contribution in [-0.2, 0) is 6.67 Å². The molecule has 5 rings (SSSR count). The number of ether oxygens (including phenoxy) is 1. The van der Waals surface area contributed by atoms with Crippen molar-refractivity contribution in [3.63, 3.8) is 0 Å². The minimum absolute atomic E-state index is 0.0515. The van der Waals surface area contributed by atoms with Crippen molar-refractivity contribution in [2.24, 2.45) is 0 Å². The Morgan fingerprint density at radius 3 is 2.56 bits per heavy atom. The quantitative estimate of drug-likeness (QED) is 0.431. The number of benzene rings is 1. The molecule has 36 heavy (non-hydrogen) atoms. The Hall–Kier alpha value is -3.69. The monoisotopic (exact) mass is 506 g/mol. The number of aryl methyl sites for hydroxylation is 1. The number of carbonyl (C=O) groups excluding carboxylic acids is 1. The smallest absolute Gasteiger partial charge is 0.334 e. The third kappa shape index (κ3) is 4.72. The number of hydrogen-bond acceptors (Lipinski definition) is 6. The maximum absolute atomic E-state index is 13.5. The topological polar surface area (TPSA) is 94.3 Å². The first-order valence-corrected chi connectivity index (χ1v) is 12.2. The van der Waals surface area contributed by atoms with Gasteiger partial charge in [-0.3, -0.25) is 23.8 Å². The number of carbonyl (C=O) groups is 1. The number of para-hydroxylation sites is 2. The van der Waals surface area contributed by atoms with Crippen LogP contribution in [0.2, 0.25) is 5.02 Å². The highest BCUT2D eigenvalue weighted by molar-refractivity contribution is 6.30. The summed E-state index contributed by atoms with van der Waals surface area (Å²) in [6.45, 7) is 3.78. The van der Waals surface area contributed by atoms with Crippen LogP contribution in [0.15, 0.2) is 59.7 Å². The Balaban J connectivity index is 1.30. The lowest BCUT2D eigenvalue weighted by Gasteiger charge is -2.32. The highest BCUT2D eigenvalue weighted by Crippen LogP contribution is 2.20. The van der Waals surface area contributed by atoms with Gasteiger partial charge in [0.05, 0.1) is 53.0 Å². The number of halogens is 1. The molecule has 10 heteroatoms. The van der Waals surface area contributed by atoms with Crippen LogP contribution in [0.5, 0.6) is 5.88 Å². The number of nitrogens with zero attached hydrogens (tertiary/aromatic N) is 5. The molecule has 0 unspecified atom stereocenters. The van der Waals surface area contributed by atoms with Gasteiger partial charge >= 0.3 is 5.69 Å². The normalized spacial score (nSPS) is 14.8. The predicted octanol–water partition coefficient (Wildman–Crippen LogP) is 3.40. The van der Waals surface area contributed by atoms with E-state index < -0.39 is 0 Å². The lowest BCUT2D eigenvalue weighted by atomic mass is 10.0. The lowest BCUT2D eigenvalue weighted by Crippen LogP contribution is -2.46. The SMILES string of the molecule is COc1ccc(-n2c(=O)n(CN3CCC(NC(=O)c4cc(Cl)cnc4C)CC3)c3ccccc32)cn1. The zero-order valence-electron chi connectivity index (χ0n) is 20.1. The molecule has 0 bridgehead atoms. The van der Waals surface area contributed by atoms with Crippen molar-refractivity contribution in [3.05, 3.63) is 81.6 Å². The standard InChI is InChI=1S/C26H27ClN6O3/c1-17-21(13-18(27)14-28-17)25(34)30-19-9-11-31(12-10-19)16-32-22-5-3-4-6-23(22)33(26(32)35)20-7-8-24(36-2)29-15-20/h3-8,13-15,19H,9-12,16H2,1-2H3,(H,30,34).